The highest BCUT2D eigenvalue weighted by Gasteiger charge is 2.39. The van der Waals surface area contributed by atoms with Crippen LogP contribution in [0.3, 0.4) is 0 Å². The van der Waals surface area contributed by atoms with E-state index < -0.39 is 6.10 Å². The molecule has 1 saturated heterocycles. The van der Waals surface area contributed by atoms with Gasteiger partial charge in [0.25, 0.3) is 0 Å². The third kappa shape index (κ3) is 4.44. The number of hydrogen-bond donors (Lipinski definition) is 1. The summed E-state index contributed by atoms with van der Waals surface area (Å²) >= 11 is 0. The molecule has 0 aliphatic carbocycles. The Labute approximate surface area is 125 Å². The van der Waals surface area contributed by atoms with E-state index in [-0.39, 0.29) is 17.9 Å². The molecule has 21 heavy (non-hydrogen) atoms. The largest absolute Gasteiger partial charge is 0.491 e. The molecule has 1 aliphatic rings. The standard InChI is InChI=1S/C16H23NO4/c1-16(2)12-17(10-14(16)18)15(19)11-20-8-9-21-13-6-4-3-5-7-13/h3-7,14,18H,8-12H2,1-2H3. The van der Waals surface area contributed by atoms with Crippen LogP contribution in [0.1, 0.15) is 13.8 Å². The Morgan fingerprint density at radius 3 is 2.67 bits per heavy atom. The number of para-hydroxylation sites is 1. The molecule has 1 aromatic rings. The summed E-state index contributed by atoms with van der Waals surface area (Å²) in [5.41, 5.74) is -0.244. The molecule has 0 saturated carbocycles. The number of benzene rings is 1. The van der Waals surface area contributed by atoms with Gasteiger partial charge in [0.1, 0.15) is 19.0 Å². The zero-order valence-corrected chi connectivity index (χ0v) is 12.6. The van der Waals surface area contributed by atoms with Crippen LogP contribution in [0.25, 0.3) is 0 Å². The topological polar surface area (TPSA) is 59.0 Å². The van der Waals surface area contributed by atoms with Gasteiger partial charge in [0, 0.05) is 18.5 Å². The monoisotopic (exact) mass is 293 g/mol. The molecule has 0 bridgehead atoms. The molecule has 1 atom stereocenters. The number of nitrogens with zero attached hydrogens (tertiary/aromatic N) is 1. The predicted molar refractivity (Wildman–Crippen MR) is 79.1 cm³/mol. The Morgan fingerprint density at radius 2 is 2.05 bits per heavy atom. The summed E-state index contributed by atoms with van der Waals surface area (Å²) in [6, 6.07) is 9.48. The van der Waals surface area contributed by atoms with Gasteiger partial charge in [0.2, 0.25) is 5.91 Å². The number of likely N-dealkylation sites (tertiary alicyclic amines) is 1. The number of rotatable bonds is 6. The first-order chi connectivity index (χ1) is 9.99. The molecule has 1 aliphatic heterocycles. The predicted octanol–water partition coefficient (Wildman–Crippen LogP) is 1.31. The van der Waals surface area contributed by atoms with Crippen LogP contribution in [0.2, 0.25) is 0 Å². The summed E-state index contributed by atoms with van der Waals surface area (Å²) in [7, 11) is 0. The van der Waals surface area contributed by atoms with Gasteiger partial charge in [-0.1, -0.05) is 32.0 Å². The Balaban J connectivity index is 1.62. The maximum Gasteiger partial charge on any atom is 0.248 e. The van der Waals surface area contributed by atoms with Gasteiger partial charge in [-0.2, -0.15) is 0 Å². The van der Waals surface area contributed by atoms with Crippen molar-refractivity contribution in [3.63, 3.8) is 0 Å². The van der Waals surface area contributed by atoms with Crippen molar-refractivity contribution in [1.29, 1.82) is 0 Å². The zero-order valence-electron chi connectivity index (χ0n) is 12.6. The summed E-state index contributed by atoms with van der Waals surface area (Å²) in [6.45, 7) is 5.67. The summed E-state index contributed by atoms with van der Waals surface area (Å²) in [4.78, 5) is 13.6. The van der Waals surface area contributed by atoms with Crippen LogP contribution < -0.4 is 4.74 Å². The molecule has 1 amide bonds. The highest BCUT2D eigenvalue weighted by molar-refractivity contribution is 5.77. The van der Waals surface area contributed by atoms with Crippen molar-refractivity contribution < 1.29 is 19.4 Å². The van der Waals surface area contributed by atoms with E-state index in [1.54, 1.807) is 4.90 Å². The van der Waals surface area contributed by atoms with Crippen molar-refractivity contribution in [2.75, 3.05) is 32.9 Å². The smallest absolute Gasteiger partial charge is 0.248 e. The van der Waals surface area contributed by atoms with Crippen LogP contribution in [0, 0.1) is 5.41 Å². The number of amides is 1. The maximum atomic E-state index is 12.0. The van der Waals surface area contributed by atoms with Crippen molar-refractivity contribution in [3.8, 4) is 5.75 Å². The molecule has 1 unspecified atom stereocenters. The fourth-order valence-electron chi connectivity index (χ4n) is 2.29. The molecule has 0 aromatic heterocycles. The number of carbonyl (C=O) groups excluding carboxylic acids is 1. The molecule has 5 nitrogen and oxygen atoms in total. The van der Waals surface area contributed by atoms with Crippen molar-refractivity contribution in [2.24, 2.45) is 5.41 Å². The average Bonchev–Trinajstić information content (AvgIpc) is 2.73. The van der Waals surface area contributed by atoms with E-state index in [1.807, 2.05) is 44.2 Å². The minimum Gasteiger partial charge on any atom is -0.491 e. The Bertz CT molecular complexity index is 461. The lowest BCUT2D eigenvalue weighted by Gasteiger charge is -2.20. The van der Waals surface area contributed by atoms with E-state index in [1.165, 1.54) is 0 Å². The van der Waals surface area contributed by atoms with Crippen LogP contribution >= 0.6 is 0 Å². The number of aliphatic hydroxyl groups is 1. The van der Waals surface area contributed by atoms with Gasteiger partial charge in [-0.15, -0.1) is 0 Å². The first-order valence-corrected chi connectivity index (χ1v) is 7.20. The highest BCUT2D eigenvalue weighted by Crippen LogP contribution is 2.29. The normalized spacial score (nSPS) is 20.5. The van der Waals surface area contributed by atoms with E-state index in [0.29, 0.717) is 26.3 Å². The van der Waals surface area contributed by atoms with E-state index in [4.69, 9.17) is 9.47 Å². The highest BCUT2D eigenvalue weighted by atomic mass is 16.5. The summed E-state index contributed by atoms with van der Waals surface area (Å²) in [5, 5.41) is 9.86. The van der Waals surface area contributed by atoms with Gasteiger partial charge in [0.05, 0.1) is 12.7 Å². The molecular formula is C16H23NO4. The van der Waals surface area contributed by atoms with Crippen LogP contribution in [0.4, 0.5) is 0 Å². The molecule has 0 radical (unpaired) electrons. The third-order valence-electron chi connectivity index (χ3n) is 3.71. The van der Waals surface area contributed by atoms with Crippen LogP contribution in [0.15, 0.2) is 30.3 Å². The molecule has 5 heteroatoms. The minimum atomic E-state index is -0.470. The van der Waals surface area contributed by atoms with E-state index in [0.717, 1.165) is 5.75 Å². The first kappa shape index (κ1) is 15.8. The molecule has 1 fully saturated rings. The number of ether oxygens (including phenoxy) is 2. The number of aliphatic hydroxyl groups excluding tert-OH is 1. The van der Waals surface area contributed by atoms with Crippen LogP contribution in [-0.4, -0.2) is 54.9 Å². The number of β-amino-alcohol motifs (C(OH)–C–C–N with tert-alkyl or cyclic N) is 1. The zero-order chi connectivity index (χ0) is 15.3. The molecule has 0 spiro atoms. The maximum absolute atomic E-state index is 12.0. The quantitative estimate of drug-likeness (QED) is 0.804. The van der Waals surface area contributed by atoms with Gasteiger partial charge in [-0.3, -0.25) is 4.79 Å². The van der Waals surface area contributed by atoms with Crippen molar-refractivity contribution >= 4 is 5.91 Å². The molecular weight excluding hydrogens is 270 g/mol. The van der Waals surface area contributed by atoms with Crippen LogP contribution in [0.5, 0.6) is 5.75 Å². The lowest BCUT2D eigenvalue weighted by molar-refractivity contribution is -0.135. The fraction of sp³-hybridized carbons (Fsp3) is 0.562. The number of carbonyl (C=O) groups is 1. The lowest BCUT2D eigenvalue weighted by Crippen LogP contribution is -2.33. The second-order valence-electron chi connectivity index (χ2n) is 5.99. The van der Waals surface area contributed by atoms with Crippen LogP contribution in [-0.2, 0) is 9.53 Å². The molecule has 1 N–H and O–H groups in total. The molecule has 2 rings (SSSR count). The summed E-state index contributed by atoms with van der Waals surface area (Å²) in [5.74, 6) is 0.705. The van der Waals surface area contributed by atoms with Crippen molar-refractivity contribution in [3.05, 3.63) is 30.3 Å². The Hall–Kier alpha value is -1.59. The van der Waals surface area contributed by atoms with E-state index in [2.05, 4.69) is 0 Å². The average molecular weight is 293 g/mol. The molecule has 116 valence electrons. The van der Waals surface area contributed by atoms with Gasteiger partial charge in [-0.05, 0) is 12.1 Å². The van der Waals surface area contributed by atoms with E-state index in [9.17, 15) is 9.90 Å². The van der Waals surface area contributed by atoms with E-state index >= 15 is 0 Å². The van der Waals surface area contributed by atoms with Crippen molar-refractivity contribution in [1.82, 2.24) is 4.90 Å². The fourth-order valence-corrected chi connectivity index (χ4v) is 2.29. The van der Waals surface area contributed by atoms with Gasteiger partial charge < -0.3 is 19.5 Å². The van der Waals surface area contributed by atoms with Gasteiger partial charge >= 0.3 is 0 Å². The van der Waals surface area contributed by atoms with Crippen molar-refractivity contribution in [2.45, 2.75) is 20.0 Å². The lowest BCUT2D eigenvalue weighted by atomic mass is 9.90. The summed E-state index contributed by atoms with van der Waals surface area (Å²) < 4.78 is 10.8. The summed E-state index contributed by atoms with van der Waals surface area (Å²) in [6.07, 6.45) is -0.470. The minimum absolute atomic E-state index is 0.0287. The SMILES string of the molecule is CC1(C)CN(C(=O)COCCOc2ccccc2)CC1O. The second-order valence-corrected chi connectivity index (χ2v) is 5.99. The molecule has 1 heterocycles. The van der Waals surface area contributed by atoms with Gasteiger partial charge in [-0.25, -0.2) is 0 Å². The van der Waals surface area contributed by atoms with Gasteiger partial charge in [0.15, 0.2) is 0 Å². The number of hydrogen-bond acceptors (Lipinski definition) is 4. The Morgan fingerprint density at radius 1 is 1.33 bits per heavy atom. The second kappa shape index (κ2) is 6.91. The first-order valence-electron chi connectivity index (χ1n) is 7.20. The molecule has 1 aromatic carbocycles. The third-order valence-corrected chi connectivity index (χ3v) is 3.71. The Kier molecular flexibility index (Phi) is 5.20.